The first-order chi connectivity index (χ1) is 16.1. The van der Waals surface area contributed by atoms with Crippen LogP contribution in [0.2, 0.25) is 0 Å². The van der Waals surface area contributed by atoms with Crippen molar-refractivity contribution >= 4 is 44.7 Å². The summed E-state index contributed by atoms with van der Waals surface area (Å²) in [5.74, 6) is 0.481. The molecule has 0 radical (unpaired) electrons. The minimum Gasteiger partial charge on any atom is -0.488 e. The van der Waals surface area contributed by atoms with Crippen molar-refractivity contribution < 1.29 is 14.3 Å². The minimum absolute atomic E-state index is 0.00808. The van der Waals surface area contributed by atoms with Gasteiger partial charge in [0.15, 0.2) is 0 Å². The Morgan fingerprint density at radius 1 is 1.00 bits per heavy atom. The van der Waals surface area contributed by atoms with Gasteiger partial charge < -0.3 is 10.1 Å². The van der Waals surface area contributed by atoms with Crippen LogP contribution in [0.1, 0.15) is 43.2 Å². The molecule has 1 heterocycles. The molecule has 1 aliphatic heterocycles. The molecule has 2 aliphatic rings. The van der Waals surface area contributed by atoms with Crippen LogP contribution in [0.25, 0.3) is 16.8 Å². The SMILES string of the molecule is O=C1N/C(=C\c2ccc(OCc3cccc4ccccc34)c(Br)c2)C(=O)N1C1CCCCC1. The van der Waals surface area contributed by atoms with Crippen molar-refractivity contribution in [3.05, 3.63) is 82.0 Å². The number of benzene rings is 3. The normalized spacial score (nSPS) is 18.2. The van der Waals surface area contributed by atoms with Crippen molar-refractivity contribution in [2.75, 3.05) is 0 Å². The minimum atomic E-state index is -0.313. The second kappa shape index (κ2) is 9.40. The number of hydrogen-bond donors (Lipinski definition) is 1. The van der Waals surface area contributed by atoms with Crippen LogP contribution in [0.5, 0.6) is 5.75 Å². The predicted octanol–water partition coefficient (Wildman–Crippen LogP) is 6.41. The monoisotopic (exact) mass is 504 g/mol. The van der Waals surface area contributed by atoms with Gasteiger partial charge in [-0.2, -0.15) is 0 Å². The van der Waals surface area contributed by atoms with Crippen LogP contribution in [-0.4, -0.2) is 22.9 Å². The summed E-state index contributed by atoms with van der Waals surface area (Å²) in [6.45, 7) is 0.450. The molecule has 0 spiro atoms. The van der Waals surface area contributed by atoms with Crippen LogP contribution >= 0.6 is 15.9 Å². The van der Waals surface area contributed by atoms with E-state index < -0.39 is 0 Å². The van der Waals surface area contributed by atoms with Gasteiger partial charge in [0.05, 0.1) is 4.47 Å². The maximum absolute atomic E-state index is 12.9. The smallest absolute Gasteiger partial charge is 0.329 e. The molecule has 3 amide bonds. The van der Waals surface area contributed by atoms with Crippen molar-refractivity contribution in [1.29, 1.82) is 0 Å². The van der Waals surface area contributed by atoms with Gasteiger partial charge in [0.2, 0.25) is 0 Å². The standard InChI is InChI=1S/C27H25BrN2O3/c28-23-15-18(16-24-26(31)30(27(32)29-24)21-10-2-1-3-11-21)13-14-25(23)33-17-20-9-6-8-19-7-4-5-12-22(19)20/h4-9,12-16,21H,1-3,10-11,17H2,(H,29,32)/b24-16-. The number of ether oxygens (including phenoxy) is 1. The van der Waals surface area contributed by atoms with Crippen LogP contribution in [0.3, 0.4) is 0 Å². The highest BCUT2D eigenvalue weighted by molar-refractivity contribution is 9.10. The molecule has 3 aromatic rings. The molecule has 0 bridgehead atoms. The molecule has 5 nitrogen and oxygen atoms in total. The molecule has 6 heteroatoms. The predicted molar refractivity (Wildman–Crippen MR) is 133 cm³/mol. The average molecular weight is 505 g/mol. The van der Waals surface area contributed by atoms with E-state index in [1.165, 1.54) is 22.1 Å². The van der Waals surface area contributed by atoms with Crippen LogP contribution in [0.15, 0.2) is 70.8 Å². The fourth-order valence-electron chi connectivity index (χ4n) is 4.68. The lowest BCUT2D eigenvalue weighted by Gasteiger charge is -2.28. The Labute approximate surface area is 201 Å². The number of nitrogens with one attached hydrogen (secondary N) is 1. The summed E-state index contributed by atoms with van der Waals surface area (Å²) in [5, 5.41) is 5.11. The summed E-state index contributed by atoms with van der Waals surface area (Å²) < 4.78 is 6.87. The van der Waals surface area contributed by atoms with Gasteiger partial charge in [0.25, 0.3) is 5.91 Å². The number of amides is 3. The molecule has 1 saturated heterocycles. The maximum atomic E-state index is 12.9. The summed E-state index contributed by atoms with van der Waals surface area (Å²) in [5.41, 5.74) is 2.25. The van der Waals surface area contributed by atoms with Gasteiger partial charge >= 0.3 is 6.03 Å². The Morgan fingerprint density at radius 3 is 2.61 bits per heavy atom. The van der Waals surface area contributed by atoms with Crippen LogP contribution in [-0.2, 0) is 11.4 Å². The van der Waals surface area contributed by atoms with E-state index in [0.29, 0.717) is 12.3 Å². The first kappa shape index (κ1) is 21.7. The number of nitrogens with zero attached hydrogens (tertiary/aromatic N) is 1. The van der Waals surface area contributed by atoms with Gasteiger partial charge in [-0.1, -0.05) is 67.8 Å². The molecule has 1 aliphatic carbocycles. The van der Waals surface area contributed by atoms with E-state index in [9.17, 15) is 9.59 Å². The van der Waals surface area contributed by atoms with Crippen molar-refractivity contribution in [1.82, 2.24) is 10.2 Å². The molecule has 0 aromatic heterocycles. The Morgan fingerprint density at radius 2 is 1.79 bits per heavy atom. The van der Waals surface area contributed by atoms with Gasteiger partial charge in [-0.05, 0) is 68.9 Å². The molecule has 0 unspecified atom stereocenters. The fraction of sp³-hybridized carbons (Fsp3) is 0.259. The zero-order valence-electron chi connectivity index (χ0n) is 18.2. The number of carbonyl (C=O) groups is 2. The van der Waals surface area contributed by atoms with Gasteiger partial charge in [-0.3, -0.25) is 9.69 Å². The number of imide groups is 1. The lowest BCUT2D eigenvalue weighted by Crippen LogP contribution is -2.41. The van der Waals surface area contributed by atoms with E-state index in [4.69, 9.17) is 4.74 Å². The van der Waals surface area contributed by atoms with Gasteiger partial charge in [-0.25, -0.2) is 4.79 Å². The summed E-state index contributed by atoms with van der Waals surface area (Å²) in [4.78, 5) is 26.7. The second-order valence-electron chi connectivity index (χ2n) is 8.57. The Bertz CT molecular complexity index is 1240. The average Bonchev–Trinajstić information content (AvgIpc) is 3.11. The van der Waals surface area contributed by atoms with E-state index in [0.717, 1.165) is 47.0 Å². The summed E-state index contributed by atoms with van der Waals surface area (Å²) in [6, 6.07) is 19.8. The van der Waals surface area contributed by atoms with Crippen LogP contribution < -0.4 is 10.1 Å². The maximum Gasteiger partial charge on any atom is 0.329 e. The fourth-order valence-corrected chi connectivity index (χ4v) is 5.20. The number of fused-ring (bicyclic) bond motifs is 1. The Kier molecular flexibility index (Phi) is 6.18. The van der Waals surface area contributed by atoms with Crippen molar-refractivity contribution in [3.63, 3.8) is 0 Å². The number of hydrogen-bond acceptors (Lipinski definition) is 3. The molecule has 1 N–H and O–H groups in total. The topological polar surface area (TPSA) is 58.6 Å². The highest BCUT2D eigenvalue weighted by Crippen LogP contribution is 2.30. The molecule has 3 aromatic carbocycles. The molecular formula is C27H25BrN2O3. The lowest BCUT2D eigenvalue weighted by atomic mass is 9.94. The number of rotatable bonds is 5. The molecular weight excluding hydrogens is 480 g/mol. The van der Waals surface area contributed by atoms with Crippen LogP contribution in [0.4, 0.5) is 4.79 Å². The van der Waals surface area contributed by atoms with E-state index in [1.54, 1.807) is 6.08 Å². The van der Waals surface area contributed by atoms with Gasteiger partial charge in [-0.15, -0.1) is 0 Å². The zero-order chi connectivity index (χ0) is 22.8. The Hall–Kier alpha value is -3.12. The number of carbonyl (C=O) groups excluding carboxylic acids is 2. The molecule has 33 heavy (non-hydrogen) atoms. The molecule has 168 valence electrons. The van der Waals surface area contributed by atoms with E-state index in [2.05, 4.69) is 45.5 Å². The van der Waals surface area contributed by atoms with E-state index in [-0.39, 0.29) is 18.0 Å². The van der Waals surface area contributed by atoms with Crippen LogP contribution in [0, 0.1) is 0 Å². The quantitative estimate of drug-likeness (QED) is 0.322. The first-order valence-electron chi connectivity index (χ1n) is 11.4. The third-order valence-corrected chi connectivity index (χ3v) is 7.00. The third kappa shape index (κ3) is 4.53. The molecule has 1 saturated carbocycles. The second-order valence-corrected chi connectivity index (χ2v) is 9.43. The third-order valence-electron chi connectivity index (χ3n) is 6.38. The Balaban J connectivity index is 1.30. The number of halogens is 1. The summed E-state index contributed by atoms with van der Waals surface area (Å²) in [7, 11) is 0. The summed E-state index contributed by atoms with van der Waals surface area (Å²) >= 11 is 3.58. The van der Waals surface area contributed by atoms with Gasteiger partial charge in [0, 0.05) is 6.04 Å². The zero-order valence-corrected chi connectivity index (χ0v) is 19.8. The molecule has 0 atom stereocenters. The lowest BCUT2D eigenvalue weighted by molar-refractivity contribution is -0.124. The number of urea groups is 1. The first-order valence-corrected chi connectivity index (χ1v) is 12.1. The highest BCUT2D eigenvalue weighted by atomic mass is 79.9. The van der Waals surface area contributed by atoms with Crippen molar-refractivity contribution in [2.24, 2.45) is 0 Å². The summed E-state index contributed by atoms with van der Waals surface area (Å²) in [6.07, 6.45) is 6.80. The molecule has 5 rings (SSSR count). The van der Waals surface area contributed by atoms with Crippen molar-refractivity contribution in [2.45, 2.75) is 44.8 Å². The van der Waals surface area contributed by atoms with Crippen molar-refractivity contribution in [3.8, 4) is 5.75 Å². The van der Waals surface area contributed by atoms with E-state index >= 15 is 0 Å². The largest absolute Gasteiger partial charge is 0.488 e. The highest BCUT2D eigenvalue weighted by Gasteiger charge is 2.38. The molecule has 2 fully saturated rings. The van der Waals surface area contributed by atoms with Gasteiger partial charge in [0.1, 0.15) is 18.1 Å². The van der Waals surface area contributed by atoms with E-state index in [1.807, 2.05) is 36.4 Å².